The molecule has 0 aliphatic heterocycles. The number of hydrogen-bond donors (Lipinski definition) is 2. The molecule has 0 bridgehead atoms. The van der Waals surface area contributed by atoms with Gasteiger partial charge in [0.25, 0.3) is 5.91 Å². The van der Waals surface area contributed by atoms with Gasteiger partial charge in [-0.1, -0.05) is 6.07 Å². The highest BCUT2D eigenvalue weighted by Crippen LogP contribution is 2.29. The number of quaternary nitrogens is 1. The van der Waals surface area contributed by atoms with Crippen LogP contribution >= 0.6 is 11.3 Å². The summed E-state index contributed by atoms with van der Waals surface area (Å²) in [6, 6.07) is 10.4. The molecule has 3 rings (SSSR count). The molecule has 6 heteroatoms. The molecule has 27 heavy (non-hydrogen) atoms. The predicted molar refractivity (Wildman–Crippen MR) is 107 cm³/mol. The second kappa shape index (κ2) is 9.24. The third kappa shape index (κ3) is 5.47. The molecule has 1 amide bonds. The Kier molecular flexibility index (Phi) is 6.74. The fourth-order valence-corrected chi connectivity index (χ4v) is 3.69. The van der Waals surface area contributed by atoms with Crippen LogP contribution in [0.15, 0.2) is 35.7 Å². The van der Waals surface area contributed by atoms with Crippen molar-refractivity contribution in [3.63, 3.8) is 0 Å². The molecule has 1 aromatic heterocycles. The first-order valence-corrected chi connectivity index (χ1v) is 10.5. The maximum Gasteiger partial charge on any atom is 0.278 e. The van der Waals surface area contributed by atoms with Crippen molar-refractivity contribution in [2.24, 2.45) is 0 Å². The highest BCUT2D eigenvalue weighted by atomic mass is 32.1. The average Bonchev–Trinajstić information content (AvgIpc) is 3.34. The predicted octanol–water partition coefficient (Wildman–Crippen LogP) is 2.41. The lowest BCUT2D eigenvalue weighted by Crippen LogP contribution is -3.15. The van der Waals surface area contributed by atoms with Gasteiger partial charge < -0.3 is 19.7 Å². The van der Waals surface area contributed by atoms with Crippen molar-refractivity contribution < 1.29 is 19.2 Å². The summed E-state index contributed by atoms with van der Waals surface area (Å²) >= 11 is 1.68. The molecule has 2 aromatic rings. The number of likely N-dealkylation sites (N-methyl/N-ethyl adjacent to an activating group) is 1. The van der Waals surface area contributed by atoms with E-state index in [1.54, 1.807) is 18.4 Å². The van der Waals surface area contributed by atoms with Crippen molar-refractivity contribution in [2.45, 2.75) is 51.9 Å². The number of rotatable bonds is 10. The largest absolute Gasteiger partial charge is 0.493 e. The lowest BCUT2D eigenvalue weighted by Gasteiger charge is -2.24. The maximum absolute atomic E-state index is 12.4. The van der Waals surface area contributed by atoms with Gasteiger partial charge >= 0.3 is 0 Å². The standard InChI is InChI=1S/C21H28N2O3S/c1-4-23(15(2)21(24)22-17-8-9-17)13-16-7-10-19(20(12-16)25-3)26-14-18-6-5-11-27-18/h5-7,10-12,15,17H,4,8-9,13-14H2,1-3H3,(H,22,24)/p+1/t15-/m1/s1. The Morgan fingerprint density at radius 2 is 2.15 bits per heavy atom. The first-order valence-electron chi connectivity index (χ1n) is 9.57. The molecular formula is C21H29N2O3S+. The van der Waals surface area contributed by atoms with Crippen LogP contribution in [0.2, 0.25) is 0 Å². The van der Waals surface area contributed by atoms with E-state index in [-0.39, 0.29) is 11.9 Å². The zero-order chi connectivity index (χ0) is 19.2. The van der Waals surface area contributed by atoms with Crippen molar-refractivity contribution in [1.29, 1.82) is 0 Å². The number of carbonyl (C=O) groups is 1. The van der Waals surface area contributed by atoms with Gasteiger partial charge in [-0.15, -0.1) is 11.3 Å². The molecular weight excluding hydrogens is 360 g/mol. The van der Waals surface area contributed by atoms with Gasteiger partial charge in [-0.05, 0) is 56.3 Å². The molecule has 1 unspecified atom stereocenters. The van der Waals surface area contributed by atoms with Crippen LogP contribution in [-0.2, 0) is 17.9 Å². The summed E-state index contributed by atoms with van der Waals surface area (Å²) in [7, 11) is 1.66. The lowest BCUT2D eigenvalue weighted by atomic mass is 10.1. The van der Waals surface area contributed by atoms with Crippen molar-refractivity contribution >= 4 is 17.2 Å². The van der Waals surface area contributed by atoms with Crippen LogP contribution in [0.5, 0.6) is 11.5 Å². The number of nitrogens with one attached hydrogen (secondary N) is 2. The number of hydrogen-bond acceptors (Lipinski definition) is 4. The van der Waals surface area contributed by atoms with E-state index in [1.165, 1.54) is 9.78 Å². The fourth-order valence-electron chi connectivity index (χ4n) is 3.07. The van der Waals surface area contributed by atoms with E-state index < -0.39 is 0 Å². The van der Waals surface area contributed by atoms with Crippen molar-refractivity contribution in [1.82, 2.24) is 5.32 Å². The maximum atomic E-state index is 12.4. The number of thiophene rings is 1. The van der Waals surface area contributed by atoms with E-state index in [0.717, 1.165) is 43.0 Å². The number of benzene rings is 1. The average molecular weight is 390 g/mol. The molecule has 1 heterocycles. The van der Waals surface area contributed by atoms with Crippen LogP contribution < -0.4 is 19.7 Å². The van der Waals surface area contributed by atoms with Crippen LogP contribution in [0.4, 0.5) is 0 Å². The van der Waals surface area contributed by atoms with Crippen molar-refractivity contribution in [3.8, 4) is 11.5 Å². The highest BCUT2D eigenvalue weighted by Gasteiger charge is 2.30. The van der Waals surface area contributed by atoms with Gasteiger partial charge in [0, 0.05) is 16.5 Å². The number of ether oxygens (including phenoxy) is 2. The molecule has 1 fully saturated rings. The number of carbonyl (C=O) groups excluding carboxylic acids is 1. The first-order chi connectivity index (χ1) is 13.1. The quantitative estimate of drug-likeness (QED) is 0.656. The summed E-state index contributed by atoms with van der Waals surface area (Å²) in [5.74, 6) is 1.62. The monoisotopic (exact) mass is 389 g/mol. The Bertz CT molecular complexity index is 744. The molecule has 1 saturated carbocycles. The third-order valence-corrected chi connectivity index (χ3v) is 5.84. The minimum Gasteiger partial charge on any atom is -0.493 e. The first kappa shape index (κ1) is 19.7. The van der Waals surface area contributed by atoms with Crippen LogP contribution in [-0.4, -0.2) is 31.6 Å². The van der Waals surface area contributed by atoms with E-state index in [2.05, 4.69) is 24.4 Å². The van der Waals surface area contributed by atoms with Crippen molar-refractivity contribution in [2.75, 3.05) is 13.7 Å². The summed E-state index contributed by atoms with van der Waals surface area (Å²) in [6.07, 6.45) is 2.23. The Balaban J connectivity index is 1.63. The molecule has 2 atom stereocenters. The van der Waals surface area contributed by atoms with Crippen molar-refractivity contribution in [3.05, 3.63) is 46.2 Å². The molecule has 0 radical (unpaired) electrons. The third-order valence-electron chi connectivity index (χ3n) is 4.99. The number of amides is 1. The van der Waals surface area contributed by atoms with E-state index in [9.17, 15) is 4.79 Å². The molecule has 5 nitrogen and oxygen atoms in total. The molecule has 1 aromatic carbocycles. The van der Waals surface area contributed by atoms with E-state index in [4.69, 9.17) is 9.47 Å². The van der Waals surface area contributed by atoms with Gasteiger partial charge in [0.15, 0.2) is 17.5 Å². The molecule has 2 N–H and O–H groups in total. The van der Waals surface area contributed by atoms with Crippen LogP contribution in [0.25, 0.3) is 0 Å². The molecule has 1 aliphatic carbocycles. The van der Waals surface area contributed by atoms with Gasteiger partial charge in [-0.3, -0.25) is 4.79 Å². The minimum absolute atomic E-state index is 0.0728. The Morgan fingerprint density at radius 3 is 2.78 bits per heavy atom. The zero-order valence-corrected chi connectivity index (χ0v) is 17.1. The Morgan fingerprint density at radius 1 is 1.33 bits per heavy atom. The van der Waals surface area contributed by atoms with E-state index >= 15 is 0 Å². The number of methoxy groups -OCH3 is 1. The summed E-state index contributed by atoms with van der Waals surface area (Å²) in [5, 5.41) is 5.16. The highest BCUT2D eigenvalue weighted by molar-refractivity contribution is 7.09. The smallest absolute Gasteiger partial charge is 0.278 e. The molecule has 146 valence electrons. The molecule has 1 aliphatic rings. The lowest BCUT2D eigenvalue weighted by molar-refractivity contribution is -0.926. The minimum atomic E-state index is -0.0728. The fraction of sp³-hybridized carbons (Fsp3) is 0.476. The second-order valence-electron chi connectivity index (χ2n) is 7.05. The molecule has 0 spiro atoms. The zero-order valence-electron chi connectivity index (χ0n) is 16.3. The Hall–Kier alpha value is -2.05. The molecule has 0 saturated heterocycles. The summed E-state index contributed by atoms with van der Waals surface area (Å²) < 4.78 is 11.4. The van der Waals surface area contributed by atoms with Crippen LogP contribution in [0, 0.1) is 0 Å². The SMILES string of the molecule is CC[NH+](Cc1ccc(OCc2cccs2)c(OC)c1)[C@H](C)C(=O)NC1CC1. The van der Waals surface area contributed by atoms with Gasteiger partial charge in [0.2, 0.25) is 0 Å². The topological polar surface area (TPSA) is 52.0 Å². The normalized spacial score (nSPS) is 15.8. The van der Waals surface area contributed by atoms with Gasteiger partial charge in [0.05, 0.1) is 13.7 Å². The Labute approximate surface area is 165 Å². The van der Waals surface area contributed by atoms with E-state index in [0.29, 0.717) is 12.6 Å². The summed E-state index contributed by atoms with van der Waals surface area (Å²) in [6.45, 7) is 6.33. The van der Waals surface area contributed by atoms with Gasteiger partial charge in [-0.25, -0.2) is 0 Å². The van der Waals surface area contributed by atoms with Crippen LogP contribution in [0.3, 0.4) is 0 Å². The second-order valence-corrected chi connectivity index (χ2v) is 8.08. The van der Waals surface area contributed by atoms with Gasteiger partial charge in [0.1, 0.15) is 13.2 Å². The summed E-state index contributed by atoms with van der Waals surface area (Å²) in [5.41, 5.74) is 1.14. The summed E-state index contributed by atoms with van der Waals surface area (Å²) in [4.78, 5) is 14.8. The van der Waals surface area contributed by atoms with E-state index in [1.807, 2.05) is 30.5 Å². The van der Waals surface area contributed by atoms with Crippen LogP contribution in [0.1, 0.15) is 37.1 Å². The van der Waals surface area contributed by atoms with Gasteiger partial charge in [-0.2, -0.15) is 0 Å².